The van der Waals surface area contributed by atoms with E-state index in [0.29, 0.717) is 45.4 Å². The van der Waals surface area contributed by atoms with Gasteiger partial charge < -0.3 is 15.4 Å². The summed E-state index contributed by atoms with van der Waals surface area (Å²) >= 11 is 1.03. The number of pyridine rings is 3. The van der Waals surface area contributed by atoms with E-state index in [9.17, 15) is 9.50 Å². The van der Waals surface area contributed by atoms with E-state index < -0.39 is 6.23 Å². The van der Waals surface area contributed by atoms with Crippen molar-refractivity contribution >= 4 is 39.0 Å². The highest BCUT2D eigenvalue weighted by Crippen LogP contribution is 2.33. The molecule has 0 aliphatic carbocycles. The number of thiophene rings is 1. The van der Waals surface area contributed by atoms with Crippen LogP contribution in [0.5, 0.6) is 0 Å². The van der Waals surface area contributed by atoms with Crippen LogP contribution in [0.25, 0.3) is 55.3 Å². The summed E-state index contributed by atoms with van der Waals surface area (Å²) < 4.78 is 13.6. The van der Waals surface area contributed by atoms with Crippen LogP contribution in [-0.4, -0.2) is 46.5 Å². The minimum absolute atomic E-state index is 0.272. The molecule has 6 rings (SSSR count). The fourth-order valence-electron chi connectivity index (χ4n) is 3.88. The van der Waals surface area contributed by atoms with Crippen molar-refractivity contribution in [1.82, 2.24) is 35.1 Å². The standard InChI is InChI=1S/C24H19FN8OS/c1-2-20(34)29-13-7-12(9-26-10-13)16-8-14-17(11-28-16)32-33-21(14)24-30-15-5-6-27-23(22(15)31-24)18-3-4-19(25)35-18/h3-11,20,29,34H,2H2,1H3,(H,30,31)(H,32,33). The van der Waals surface area contributed by atoms with E-state index in [1.165, 1.54) is 6.07 Å². The van der Waals surface area contributed by atoms with Gasteiger partial charge in [-0.3, -0.25) is 20.1 Å². The number of hydrogen-bond donors (Lipinski definition) is 4. The van der Waals surface area contributed by atoms with E-state index >= 15 is 0 Å². The van der Waals surface area contributed by atoms with Gasteiger partial charge in [0.2, 0.25) is 0 Å². The fraction of sp³-hybridized carbons (Fsp3) is 0.125. The first kappa shape index (κ1) is 21.3. The van der Waals surface area contributed by atoms with Crippen LogP contribution in [0.3, 0.4) is 0 Å². The molecule has 0 amide bonds. The van der Waals surface area contributed by atoms with E-state index in [1.54, 1.807) is 30.9 Å². The summed E-state index contributed by atoms with van der Waals surface area (Å²) in [6.07, 6.45) is 6.68. The van der Waals surface area contributed by atoms with Crippen molar-refractivity contribution in [2.24, 2.45) is 0 Å². The zero-order valence-electron chi connectivity index (χ0n) is 18.5. The molecule has 0 aliphatic heterocycles. The summed E-state index contributed by atoms with van der Waals surface area (Å²) in [4.78, 5) is 22.0. The van der Waals surface area contributed by atoms with Gasteiger partial charge >= 0.3 is 0 Å². The lowest BCUT2D eigenvalue weighted by Gasteiger charge is -2.12. The summed E-state index contributed by atoms with van der Waals surface area (Å²) in [6, 6.07) is 8.77. The quantitative estimate of drug-likeness (QED) is 0.245. The molecule has 6 aromatic rings. The molecule has 0 fully saturated rings. The number of imidazole rings is 1. The van der Waals surface area contributed by atoms with Crippen molar-refractivity contribution in [3.05, 3.63) is 60.3 Å². The van der Waals surface area contributed by atoms with Gasteiger partial charge in [-0.2, -0.15) is 9.49 Å². The number of aliphatic hydroxyl groups excluding tert-OH is 1. The van der Waals surface area contributed by atoms with Gasteiger partial charge in [0.15, 0.2) is 11.0 Å². The summed E-state index contributed by atoms with van der Waals surface area (Å²) in [5.41, 5.74) is 5.63. The third kappa shape index (κ3) is 3.90. The zero-order chi connectivity index (χ0) is 23.9. The van der Waals surface area contributed by atoms with E-state index in [4.69, 9.17) is 4.98 Å². The first-order valence-corrected chi connectivity index (χ1v) is 11.8. The maximum absolute atomic E-state index is 13.6. The van der Waals surface area contributed by atoms with Crippen molar-refractivity contribution in [2.45, 2.75) is 19.6 Å². The van der Waals surface area contributed by atoms with Gasteiger partial charge in [0, 0.05) is 23.3 Å². The van der Waals surface area contributed by atoms with Gasteiger partial charge in [-0.1, -0.05) is 6.92 Å². The highest BCUT2D eigenvalue weighted by Gasteiger charge is 2.18. The van der Waals surface area contributed by atoms with Crippen LogP contribution in [0, 0.1) is 5.13 Å². The lowest BCUT2D eigenvalue weighted by molar-refractivity contribution is 0.199. The molecule has 4 N–H and O–H groups in total. The second-order valence-corrected chi connectivity index (χ2v) is 9.00. The van der Waals surface area contributed by atoms with Crippen LogP contribution < -0.4 is 5.32 Å². The van der Waals surface area contributed by atoms with Crippen LogP contribution in [0.15, 0.2) is 55.1 Å². The topological polar surface area (TPSA) is 128 Å². The minimum Gasteiger partial charge on any atom is -0.374 e. The van der Waals surface area contributed by atoms with Crippen LogP contribution in [-0.2, 0) is 0 Å². The van der Waals surface area contributed by atoms with Crippen LogP contribution in [0.2, 0.25) is 0 Å². The Kier molecular flexibility index (Phi) is 5.20. The molecule has 0 saturated carbocycles. The van der Waals surface area contributed by atoms with Gasteiger partial charge in [-0.25, -0.2) is 4.98 Å². The van der Waals surface area contributed by atoms with Crippen molar-refractivity contribution < 1.29 is 9.50 Å². The fourth-order valence-corrected chi connectivity index (χ4v) is 4.61. The molecule has 0 radical (unpaired) electrons. The molecule has 0 bridgehead atoms. The molecule has 0 aliphatic rings. The number of H-pyrrole nitrogens is 2. The number of halogens is 1. The second kappa shape index (κ2) is 8.53. The predicted octanol–water partition coefficient (Wildman–Crippen LogP) is 4.97. The maximum atomic E-state index is 13.6. The number of aliphatic hydroxyl groups is 1. The van der Waals surface area contributed by atoms with Crippen LogP contribution >= 0.6 is 11.3 Å². The van der Waals surface area contributed by atoms with Gasteiger partial charge in [-0.15, -0.1) is 11.3 Å². The van der Waals surface area contributed by atoms with Crippen molar-refractivity contribution in [2.75, 3.05) is 5.32 Å². The van der Waals surface area contributed by atoms with Gasteiger partial charge in [-0.05, 0) is 36.8 Å². The first-order valence-electron chi connectivity index (χ1n) is 10.9. The van der Waals surface area contributed by atoms with Crippen molar-refractivity contribution in [1.29, 1.82) is 0 Å². The first-order chi connectivity index (χ1) is 17.1. The van der Waals surface area contributed by atoms with Gasteiger partial charge in [0.1, 0.15) is 23.1 Å². The minimum atomic E-state index is -0.652. The van der Waals surface area contributed by atoms with E-state index in [0.717, 1.165) is 33.3 Å². The molecule has 1 unspecified atom stereocenters. The molecular weight excluding hydrogens is 467 g/mol. The third-order valence-corrected chi connectivity index (χ3v) is 6.51. The number of anilines is 1. The molecular formula is C24H19FN8OS. The molecule has 174 valence electrons. The smallest absolute Gasteiger partial charge is 0.177 e. The molecule has 9 nitrogen and oxygen atoms in total. The molecule has 11 heteroatoms. The van der Waals surface area contributed by atoms with E-state index in [2.05, 4.69) is 35.5 Å². The lowest BCUT2D eigenvalue weighted by Crippen LogP contribution is -2.16. The summed E-state index contributed by atoms with van der Waals surface area (Å²) in [5.74, 6) is 0.564. The Morgan fingerprint density at radius 3 is 2.83 bits per heavy atom. The lowest BCUT2D eigenvalue weighted by atomic mass is 10.1. The van der Waals surface area contributed by atoms with Crippen molar-refractivity contribution in [3.63, 3.8) is 0 Å². The third-order valence-electron chi connectivity index (χ3n) is 5.63. The maximum Gasteiger partial charge on any atom is 0.177 e. The number of nitrogens with one attached hydrogen (secondary N) is 3. The Hall–Kier alpha value is -4.22. The molecule has 1 atom stereocenters. The number of nitrogens with zero attached hydrogens (tertiary/aromatic N) is 5. The Morgan fingerprint density at radius 2 is 2.00 bits per heavy atom. The number of fused-ring (bicyclic) bond motifs is 2. The number of hydrogen-bond acceptors (Lipinski definition) is 8. The van der Waals surface area contributed by atoms with Gasteiger partial charge in [0.05, 0.1) is 39.7 Å². The summed E-state index contributed by atoms with van der Waals surface area (Å²) in [6.45, 7) is 1.89. The second-order valence-electron chi connectivity index (χ2n) is 7.96. The summed E-state index contributed by atoms with van der Waals surface area (Å²) in [5, 5.41) is 21.0. The normalized spacial score (nSPS) is 12.4. The van der Waals surface area contributed by atoms with E-state index in [-0.39, 0.29) is 5.13 Å². The molecule has 6 aromatic heterocycles. The highest BCUT2D eigenvalue weighted by atomic mass is 32.1. The number of aromatic amines is 2. The highest BCUT2D eigenvalue weighted by molar-refractivity contribution is 7.13. The van der Waals surface area contributed by atoms with Gasteiger partial charge in [0.25, 0.3) is 0 Å². The van der Waals surface area contributed by atoms with Crippen molar-refractivity contribution in [3.8, 4) is 33.3 Å². The summed E-state index contributed by atoms with van der Waals surface area (Å²) in [7, 11) is 0. The Balaban J connectivity index is 1.42. The predicted molar refractivity (Wildman–Crippen MR) is 133 cm³/mol. The Morgan fingerprint density at radius 1 is 1.09 bits per heavy atom. The monoisotopic (exact) mass is 486 g/mol. The van der Waals surface area contributed by atoms with Crippen LogP contribution in [0.1, 0.15) is 13.3 Å². The zero-order valence-corrected chi connectivity index (χ0v) is 19.3. The molecule has 35 heavy (non-hydrogen) atoms. The molecule has 6 heterocycles. The molecule has 0 aromatic carbocycles. The average Bonchev–Trinajstić information content (AvgIpc) is 3.61. The number of rotatable bonds is 6. The van der Waals surface area contributed by atoms with E-state index in [1.807, 2.05) is 25.1 Å². The molecule has 0 saturated heterocycles. The Bertz CT molecular complexity index is 1670. The average molecular weight is 487 g/mol. The molecule has 0 spiro atoms. The van der Waals surface area contributed by atoms with Crippen LogP contribution in [0.4, 0.5) is 10.1 Å². The number of aromatic nitrogens is 7. The SMILES string of the molecule is CCC(O)Nc1cncc(-c2cc3c(-c4nc5c(-c6ccc(F)s6)nccc5[nH]4)n[nH]c3cn2)c1. The largest absolute Gasteiger partial charge is 0.374 e. The Labute approximate surface area is 202 Å².